The Morgan fingerprint density at radius 3 is 2.38 bits per heavy atom. The first-order valence-corrected chi connectivity index (χ1v) is 16.8. The molecule has 254 valence electrons. The van der Waals surface area contributed by atoms with Gasteiger partial charge < -0.3 is 36.8 Å². The summed E-state index contributed by atoms with van der Waals surface area (Å²) >= 11 is 6.33. The van der Waals surface area contributed by atoms with Crippen molar-refractivity contribution in [3.05, 3.63) is 52.8 Å². The van der Waals surface area contributed by atoms with Crippen LogP contribution < -0.4 is 21.3 Å². The lowest BCUT2D eigenvalue weighted by molar-refractivity contribution is -0.125. The van der Waals surface area contributed by atoms with E-state index >= 15 is 0 Å². The average Bonchev–Trinajstić information content (AvgIpc) is 3.97. The molecule has 1 aromatic heterocycles. The highest BCUT2D eigenvalue weighted by Crippen LogP contribution is 2.51. The van der Waals surface area contributed by atoms with Gasteiger partial charge in [0.15, 0.2) is 5.71 Å². The molecular formula is C34H41ClN8O5. The van der Waals surface area contributed by atoms with Gasteiger partial charge in [-0.2, -0.15) is 0 Å². The summed E-state index contributed by atoms with van der Waals surface area (Å²) in [5.41, 5.74) is 0.642. The second kappa shape index (κ2) is 13.2. The molecule has 5 amide bonds. The maximum absolute atomic E-state index is 14.2. The fourth-order valence-electron chi connectivity index (χ4n) is 7.18. The summed E-state index contributed by atoms with van der Waals surface area (Å²) in [4.78, 5) is 60.2. The lowest BCUT2D eigenvalue weighted by Gasteiger charge is -2.36. The number of carbonyl (C=O) groups excluding carboxylic acids is 4. The number of benzene rings is 1. The van der Waals surface area contributed by atoms with Crippen LogP contribution in [-0.2, 0) is 27.2 Å². The zero-order valence-corrected chi connectivity index (χ0v) is 27.9. The van der Waals surface area contributed by atoms with Crippen molar-refractivity contribution < 1.29 is 24.4 Å². The smallest absolute Gasteiger partial charge is 0.318 e. The number of nitrogens with zero attached hydrogens (tertiary/aromatic N) is 3. The molecule has 4 aliphatic rings. The fraction of sp³-hybridized carbons (Fsp3) is 0.500. The fourth-order valence-corrected chi connectivity index (χ4v) is 7.35. The van der Waals surface area contributed by atoms with Crippen molar-refractivity contribution in [3.8, 4) is 0 Å². The van der Waals surface area contributed by atoms with Crippen LogP contribution in [0.15, 0.2) is 41.8 Å². The van der Waals surface area contributed by atoms with Crippen LogP contribution in [0, 0.1) is 29.1 Å². The summed E-state index contributed by atoms with van der Waals surface area (Å²) in [7, 11) is 0. The quantitative estimate of drug-likeness (QED) is 0.112. The molecule has 1 unspecified atom stereocenters. The lowest BCUT2D eigenvalue weighted by atomic mass is 9.88. The van der Waals surface area contributed by atoms with Crippen molar-refractivity contribution in [1.29, 1.82) is 5.41 Å². The zero-order valence-electron chi connectivity index (χ0n) is 27.2. The van der Waals surface area contributed by atoms with Crippen LogP contribution in [0.4, 0.5) is 16.2 Å². The minimum Gasteiger partial charge on any atom is -0.410 e. The van der Waals surface area contributed by atoms with Crippen LogP contribution in [0.25, 0.3) is 0 Å². The molecule has 1 aliphatic heterocycles. The monoisotopic (exact) mass is 676 g/mol. The van der Waals surface area contributed by atoms with Crippen molar-refractivity contribution >= 4 is 58.2 Å². The Kier molecular flexibility index (Phi) is 9.16. The summed E-state index contributed by atoms with van der Waals surface area (Å²) in [6.07, 6.45) is 7.33. The number of pyridine rings is 1. The average molecular weight is 677 g/mol. The molecule has 2 saturated carbocycles. The van der Waals surface area contributed by atoms with Crippen LogP contribution in [0.2, 0.25) is 5.02 Å². The highest BCUT2D eigenvalue weighted by molar-refractivity contribution is 6.65. The number of nitrogens with one attached hydrogen (secondary N) is 5. The molecule has 13 nitrogen and oxygen atoms in total. The van der Waals surface area contributed by atoms with E-state index in [1.54, 1.807) is 17.0 Å². The zero-order chi connectivity index (χ0) is 34.3. The normalized spacial score (nSPS) is 22.7. The Morgan fingerprint density at radius 2 is 1.79 bits per heavy atom. The Balaban J connectivity index is 1.27. The van der Waals surface area contributed by atoms with Gasteiger partial charge in [0.1, 0.15) is 11.6 Å². The summed E-state index contributed by atoms with van der Waals surface area (Å²) in [6, 6.07) is 5.70. The van der Waals surface area contributed by atoms with E-state index in [1.165, 1.54) is 19.3 Å². The molecule has 14 heteroatoms. The van der Waals surface area contributed by atoms with Crippen molar-refractivity contribution in [2.45, 2.75) is 76.9 Å². The molecule has 6 N–H and O–H groups in total. The van der Waals surface area contributed by atoms with Gasteiger partial charge in [-0.25, -0.2) is 4.79 Å². The molecule has 3 aliphatic carbocycles. The molecular weight excluding hydrogens is 636 g/mol. The van der Waals surface area contributed by atoms with E-state index in [4.69, 9.17) is 17.0 Å². The number of anilines is 2. The number of amides is 5. The van der Waals surface area contributed by atoms with E-state index in [0.717, 1.165) is 36.8 Å². The second-order valence-corrected chi connectivity index (χ2v) is 14.3. The maximum atomic E-state index is 14.2. The molecule has 3 atom stereocenters. The topological polar surface area (TPSA) is 189 Å². The molecule has 6 rings (SSSR count). The van der Waals surface area contributed by atoms with Gasteiger partial charge in [-0.3, -0.25) is 19.4 Å². The van der Waals surface area contributed by atoms with Gasteiger partial charge >= 0.3 is 6.03 Å². The summed E-state index contributed by atoms with van der Waals surface area (Å²) in [5.74, 6) is -0.867. The van der Waals surface area contributed by atoms with E-state index < -0.39 is 29.1 Å². The molecule has 1 aromatic carbocycles. The predicted octanol–water partition coefficient (Wildman–Crippen LogP) is 3.99. The van der Waals surface area contributed by atoms with Gasteiger partial charge in [0.05, 0.1) is 22.5 Å². The number of rotatable bonds is 12. The molecule has 0 bridgehead atoms. The van der Waals surface area contributed by atoms with Gasteiger partial charge in [-0.1, -0.05) is 36.7 Å². The molecule has 1 saturated heterocycles. The highest BCUT2D eigenvalue weighted by Gasteiger charge is 2.54. The number of aromatic nitrogens is 1. The number of hydrogen-bond donors (Lipinski definition) is 6. The van der Waals surface area contributed by atoms with E-state index in [9.17, 15) is 24.4 Å². The summed E-state index contributed by atoms with van der Waals surface area (Å²) < 4.78 is 0. The molecule has 48 heavy (non-hydrogen) atoms. The van der Waals surface area contributed by atoms with E-state index in [0.29, 0.717) is 29.8 Å². The van der Waals surface area contributed by atoms with Crippen LogP contribution >= 0.6 is 11.6 Å². The number of urea groups is 1. The Morgan fingerprint density at radius 1 is 1.10 bits per heavy atom. The first kappa shape index (κ1) is 33.4. The highest BCUT2D eigenvalue weighted by atomic mass is 35.5. The van der Waals surface area contributed by atoms with E-state index in [1.807, 2.05) is 26.0 Å². The van der Waals surface area contributed by atoms with Crippen molar-refractivity contribution in [3.63, 3.8) is 0 Å². The molecule has 0 radical (unpaired) electrons. The van der Waals surface area contributed by atoms with Gasteiger partial charge in [0, 0.05) is 37.5 Å². The summed E-state index contributed by atoms with van der Waals surface area (Å²) in [5, 5.41) is 32.1. The van der Waals surface area contributed by atoms with Crippen molar-refractivity contribution in [1.82, 2.24) is 20.5 Å². The first-order valence-electron chi connectivity index (χ1n) is 16.4. The minimum atomic E-state index is -1.25. The first-order chi connectivity index (χ1) is 22.9. The van der Waals surface area contributed by atoms with Crippen LogP contribution in [0.5, 0.6) is 0 Å². The Labute approximate surface area is 283 Å². The van der Waals surface area contributed by atoms with Crippen LogP contribution in [0.3, 0.4) is 0 Å². The SMILES string of the molecule is CC(=N)/C(=N\O)C(=O)N[C@H](C(=O)Nc1ccc2c(c1)CC(C(=O)Nc1ccncc1Cl)(N1C[C@@H](C(C)C)NC1=O)C2)C(C1CC1)C1CC1. The third-order valence-electron chi connectivity index (χ3n) is 10.1. The minimum absolute atomic E-state index is 0.0756. The number of fused-ring (bicyclic) bond motifs is 1. The third-order valence-corrected chi connectivity index (χ3v) is 10.4. The van der Waals surface area contributed by atoms with Gasteiger partial charge in [-0.15, -0.1) is 0 Å². The third kappa shape index (κ3) is 6.60. The largest absolute Gasteiger partial charge is 0.410 e. The van der Waals surface area contributed by atoms with E-state index in [-0.39, 0.29) is 53.4 Å². The molecule has 2 heterocycles. The molecule has 3 fully saturated rings. The maximum Gasteiger partial charge on any atom is 0.318 e. The second-order valence-electron chi connectivity index (χ2n) is 13.9. The van der Waals surface area contributed by atoms with Crippen molar-refractivity contribution in [2.24, 2.45) is 28.8 Å². The molecule has 0 spiro atoms. The van der Waals surface area contributed by atoms with E-state index in [2.05, 4.69) is 31.4 Å². The Hall–Kier alpha value is -4.52. The Bertz CT molecular complexity index is 1680. The van der Waals surface area contributed by atoms with Gasteiger partial charge in [0.2, 0.25) is 5.91 Å². The van der Waals surface area contributed by atoms with Gasteiger partial charge in [-0.05, 0) is 85.6 Å². The standard InChI is InChI=1S/C34H41ClN8O5/c1-17(2)26-16-43(33(47)40-26)34(32(46)39-25-10-11-37-15-24(25)35)13-21-8-9-23(12-22(21)14-34)38-31(45)29(27(19-4-5-19)20-6-7-20)41-30(44)28(42-48)18(3)36/h8-12,15,17,19-20,26-27,29,36,48H,4-7,13-14,16H2,1-3H3,(H,38,45)(H,40,47)(H,41,44)(H,37,39,46)/b36-18?,42-28+/t26-,29-,34?/m0/s1. The lowest BCUT2D eigenvalue weighted by Crippen LogP contribution is -2.59. The van der Waals surface area contributed by atoms with Gasteiger partial charge in [0.25, 0.3) is 11.8 Å². The summed E-state index contributed by atoms with van der Waals surface area (Å²) in [6.45, 7) is 5.73. The van der Waals surface area contributed by atoms with Crippen molar-refractivity contribution in [2.75, 3.05) is 17.2 Å². The molecule has 2 aromatic rings. The van der Waals surface area contributed by atoms with Crippen LogP contribution in [0.1, 0.15) is 57.6 Å². The number of hydrogen-bond acceptors (Lipinski definition) is 8. The predicted molar refractivity (Wildman–Crippen MR) is 180 cm³/mol. The number of halogens is 1. The van der Waals surface area contributed by atoms with Crippen LogP contribution in [-0.4, -0.2) is 74.4 Å². The number of oxime groups is 1. The number of carbonyl (C=O) groups is 4.